The van der Waals surface area contributed by atoms with Crippen molar-refractivity contribution in [2.45, 2.75) is 39.2 Å². The van der Waals surface area contributed by atoms with Crippen molar-refractivity contribution in [3.8, 4) is 5.75 Å². The molecular weight excluding hydrogens is 198 g/mol. The van der Waals surface area contributed by atoms with E-state index in [0.29, 0.717) is 6.04 Å². The van der Waals surface area contributed by atoms with Crippen molar-refractivity contribution in [3.63, 3.8) is 0 Å². The molecule has 0 saturated carbocycles. The Kier molecular flexibility index (Phi) is 5.94. The third-order valence-electron chi connectivity index (χ3n) is 2.81. The number of ether oxygens (including phenoxy) is 1. The topological polar surface area (TPSA) is 21.3 Å². The SMILES string of the molecule is CCCCC(NCC)c1ccccc1OC. The molecule has 1 aromatic carbocycles. The smallest absolute Gasteiger partial charge is 0.123 e. The Bertz CT molecular complexity index is 299. The number of rotatable bonds is 7. The number of para-hydroxylation sites is 1. The van der Waals surface area contributed by atoms with Gasteiger partial charge in [0.05, 0.1) is 7.11 Å². The molecule has 0 spiro atoms. The molecule has 0 aliphatic rings. The highest BCUT2D eigenvalue weighted by Crippen LogP contribution is 2.28. The van der Waals surface area contributed by atoms with E-state index >= 15 is 0 Å². The summed E-state index contributed by atoms with van der Waals surface area (Å²) in [6, 6.07) is 8.70. The first-order valence-electron chi connectivity index (χ1n) is 6.19. The minimum Gasteiger partial charge on any atom is -0.496 e. The summed E-state index contributed by atoms with van der Waals surface area (Å²) in [7, 11) is 1.74. The Morgan fingerprint density at radius 1 is 1.25 bits per heavy atom. The van der Waals surface area contributed by atoms with Gasteiger partial charge in [0.2, 0.25) is 0 Å². The maximum Gasteiger partial charge on any atom is 0.123 e. The van der Waals surface area contributed by atoms with E-state index in [9.17, 15) is 0 Å². The molecule has 90 valence electrons. The predicted octanol–water partition coefficient (Wildman–Crippen LogP) is 3.54. The lowest BCUT2D eigenvalue weighted by Crippen LogP contribution is -2.21. The lowest BCUT2D eigenvalue weighted by Gasteiger charge is -2.20. The lowest BCUT2D eigenvalue weighted by molar-refractivity contribution is 0.394. The standard InChI is InChI=1S/C14H23NO/c1-4-6-10-13(15-5-2)12-9-7-8-11-14(12)16-3/h7-9,11,13,15H,4-6,10H2,1-3H3. The number of methoxy groups -OCH3 is 1. The van der Waals surface area contributed by atoms with Crippen LogP contribution in [0.15, 0.2) is 24.3 Å². The fraction of sp³-hybridized carbons (Fsp3) is 0.571. The zero-order valence-corrected chi connectivity index (χ0v) is 10.6. The molecule has 0 heterocycles. The normalized spacial score (nSPS) is 12.4. The van der Waals surface area contributed by atoms with Crippen LogP contribution in [0.25, 0.3) is 0 Å². The van der Waals surface area contributed by atoms with Crippen LogP contribution in [0.2, 0.25) is 0 Å². The van der Waals surface area contributed by atoms with Crippen molar-refractivity contribution in [2.75, 3.05) is 13.7 Å². The Morgan fingerprint density at radius 3 is 2.62 bits per heavy atom. The quantitative estimate of drug-likeness (QED) is 0.760. The average Bonchev–Trinajstić information content (AvgIpc) is 2.34. The van der Waals surface area contributed by atoms with Gasteiger partial charge in [0.15, 0.2) is 0 Å². The van der Waals surface area contributed by atoms with E-state index in [4.69, 9.17) is 4.74 Å². The molecule has 0 radical (unpaired) electrons. The first-order chi connectivity index (χ1) is 7.83. The molecule has 1 atom stereocenters. The molecule has 1 unspecified atom stereocenters. The lowest BCUT2D eigenvalue weighted by atomic mass is 10.00. The fourth-order valence-corrected chi connectivity index (χ4v) is 1.98. The van der Waals surface area contributed by atoms with Gasteiger partial charge in [-0.05, 0) is 19.0 Å². The zero-order chi connectivity index (χ0) is 11.8. The largest absolute Gasteiger partial charge is 0.496 e. The van der Waals surface area contributed by atoms with Gasteiger partial charge in [-0.2, -0.15) is 0 Å². The van der Waals surface area contributed by atoms with Crippen LogP contribution in [-0.4, -0.2) is 13.7 Å². The van der Waals surface area contributed by atoms with Crippen LogP contribution < -0.4 is 10.1 Å². The molecule has 0 saturated heterocycles. The van der Waals surface area contributed by atoms with Crippen LogP contribution in [0.5, 0.6) is 5.75 Å². The molecule has 0 aromatic heterocycles. The molecule has 2 heteroatoms. The van der Waals surface area contributed by atoms with Crippen LogP contribution in [0, 0.1) is 0 Å². The highest BCUT2D eigenvalue weighted by atomic mass is 16.5. The van der Waals surface area contributed by atoms with E-state index in [1.54, 1.807) is 7.11 Å². The maximum atomic E-state index is 5.41. The molecule has 0 bridgehead atoms. The molecule has 1 N–H and O–H groups in total. The van der Waals surface area contributed by atoms with E-state index in [2.05, 4.69) is 31.3 Å². The minimum absolute atomic E-state index is 0.418. The number of hydrogen-bond acceptors (Lipinski definition) is 2. The molecule has 2 nitrogen and oxygen atoms in total. The summed E-state index contributed by atoms with van der Waals surface area (Å²) >= 11 is 0. The summed E-state index contributed by atoms with van der Waals surface area (Å²) in [6.07, 6.45) is 3.65. The second kappa shape index (κ2) is 7.29. The number of hydrogen-bond donors (Lipinski definition) is 1. The Balaban J connectivity index is 2.81. The van der Waals surface area contributed by atoms with Crippen LogP contribution in [0.3, 0.4) is 0 Å². The van der Waals surface area contributed by atoms with Gasteiger partial charge >= 0.3 is 0 Å². The van der Waals surface area contributed by atoms with Gasteiger partial charge in [0.25, 0.3) is 0 Å². The van der Waals surface area contributed by atoms with Gasteiger partial charge in [0, 0.05) is 11.6 Å². The van der Waals surface area contributed by atoms with Crippen molar-refractivity contribution in [1.29, 1.82) is 0 Å². The number of benzene rings is 1. The summed E-state index contributed by atoms with van der Waals surface area (Å²) in [4.78, 5) is 0. The van der Waals surface area contributed by atoms with E-state index in [1.807, 2.05) is 12.1 Å². The predicted molar refractivity (Wildman–Crippen MR) is 68.9 cm³/mol. The van der Waals surface area contributed by atoms with Gasteiger partial charge in [0.1, 0.15) is 5.75 Å². The van der Waals surface area contributed by atoms with Crippen LogP contribution in [-0.2, 0) is 0 Å². The Labute approximate surface area is 99.0 Å². The Morgan fingerprint density at radius 2 is 2.00 bits per heavy atom. The average molecular weight is 221 g/mol. The van der Waals surface area contributed by atoms with Crippen molar-refractivity contribution in [3.05, 3.63) is 29.8 Å². The van der Waals surface area contributed by atoms with Gasteiger partial charge in [-0.15, -0.1) is 0 Å². The Hall–Kier alpha value is -1.02. The highest BCUT2D eigenvalue weighted by Gasteiger charge is 2.13. The molecule has 0 aliphatic heterocycles. The van der Waals surface area contributed by atoms with Crippen LogP contribution in [0.1, 0.15) is 44.7 Å². The van der Waals surface area contributed by atoms with Crippen molar-refractivity contribution in [2.24, 2.45) is 0 Å². The molecule has 0 aliphatic carbocycles. The summed E-state index contributed by atoms with van der Waals surface area (Å²) in [5.41, 5.74) is 1.28. The van der Waals surface area contributed by atoms with Crippen molar-refractivity contribution >= 4 is 0 Å². The molecule has 0 amide bonds. The molecule has 0 fully saturated rings. The highest BCUT2D eigenvalue weighted by molar-refractivity contribution is 5.35. The molecular formula is C14H23NO. The minimum atomic E-state index is 0.418. The third kappa shape index (κ3) is 3.53. The van der Waals surface area contributed by atoms with Gasteiger partial charge in [-0.25, -0.2) is 0 Å². The summed E-state index contributed by atoms with van der Waals surface area (Å²) in [6.45, 7) is 5.37. The first kappa shape index (κ1) is 13.0. The summed E-state index contributed by atoms with van der Waals surface area (Å²) < 4.78 is 5.41. The number of unbranched alkanes of at least 4 members (excludes halogenated alkanes) is 1. The van der Waals surface area contributed by atoms with E-state index < -0.39 is 0 Å². The fourth-order valence-electron chi connectivity index (χ4n) is 1.98. The van der Waals surface area contributed by atoms with Crippen molar-refractivity contribution < 1.29 is 4.74 Å². The zero-order valence-electron chi connectivity index (χ0n) is 10.6. The molecule has 16 heavy (non-hydrogen) atoms. The van der Waals surface area contributed by atoms with Crippen LogP contribution >= 0.6 is 0 Å². The van der Waals surface area contributed by atoms with E-state index in [0.717, 1.165) is 12.3 Å². The molecule has 1 aromatic rings. The summed E-state index contributed by atoms with van der Waals surface area (Å²) in [5, 5.41) is 3.53. The monoisotopic (exact) mass is 221 g/mol. The second-order valence-electron chi connectivity index (χ2n) is 3.99. The van der Waals surface area contributed by atoms with E-state index in [1.165, 1.54) is 24.8 Å². The number of nitrogens with one attached hydrogen (secondary N) is 1. The van der Waals surface area contributed by atoms with Gasteiger partial charge in [-0.3, -0.25) is 0 Å². The molecule has 1 rings (SSSR count). The van der Waals surface area contributed by atoms with Gasteiger partial charge < -0.3 is 10.1 Å². The third-order valence-corrected chi connectivity index (χ3v) is 2.81. The van der Waals surface area contributed by atoms with Gasteiger partial charge in [-0.1, -0.05) is 44.9 Å². The van der Waals surface area contributed by atoms with Crippen LogP contribution in [0.4, 0.5) is 0 Å². The first-order valence-corrected chi connectivity index (χ1v) is 6.19. The van der Waals surface area contributed by atoms with Crippen molar-refractivity contribution in [1.82, 2.24) is 5.32 Å². The second-order valence-corrected chi connectivity index (χ2v) is 3.99. The summed E-state index contributed by atoms with van der Waals surface area (Å²) in [5.74, 6) is 0.990. The maximum absolute atomic E-state index is 5.41. The van der Waals surface area contributed by atoms with E-state index in [-0.39, 0.29) is 0 Å².